The molecule has 0 spiro atoms. The molecule has 0 saturated heterocycles. The largest absolute Gasteiger partial charge is 0.481 e. The molecule has 0 bridgehead atoms. The highest BCUT2D eigenvalue weighted by atomic mass is 35.5. The van der Waals surface area contributed by atoms with E-state index in [9.17, 15) is 4.79 Å². The van der Waals surface area contributed by atoms with Gasteiger partial charge in [-0.05, 0) is 48.2 Å². The van der Waals surface area contributed by atoms with Crippen LogP contribution < -0.4 is 10.1 Å². The molecule has 0 saturated carbocycles. The van der Waals surface area contributed by atoms with Crippen LogP contribution in [0.15, 0.2) is 42.5 Å². The fourth-order valence-corrected chi connectivity index (χ4v) is 2.69. The van der Waals surface area contributed by atoms with Gasteiger partial charge in [0, 0.05) is 15.7 Å². The predicted octanol–water partition coefficient (Wildman–Crippen LogP) is 5.70. The quantitative estimate of drug-likeness (QED) is 0.754. The van der Waals surface area contributed by atoms with Crippen molar-refractivity contribution < 1.29 is 9.53 Å². The van der Waals surface area contributed by atoms with Gasteiger partial charge >= 0.3 is 0 Å². The lowest BCUT2D eigenvalue weighted by Gasteiger charge is -2.20. The maximum atomic E-state index is 12.2. The molecule has 24 heavy (non-hydrogen) atoms. The summed E-state index contributed by atoms with van der Waals surface area (Å²) in [6.07, 6.45) is -0.650. The molecule has 128 valence electrons. The van der Waals surface area contributed by atoms with Crippen molar-refractivity contribution >= 4 is 34.8 Å². The number of anilines is 1. The second kappa shape index (κ2) is 7.45. The standard InChI is InChI=1S/C19H21Cl2NO2/c1-12(18(23)22-16-10-14(20)9-15(21)11-16)24-17-7-5-13(6-8-17)19(2,3)4/h5-12H,1-4H3,(H,22,23). The summed E-state index contributed by atoms with van der Waals surface area (Å²) in [4.78, 5) is 12.2. The highest BCUT2D eigenvalue weighted by Gasteiger charge is 2.17. The zero-order valence-corrected chi connectivity index (χ0v) is 15.7. The molecule has 1 amide bonds. The van der Waals surface area contributed by atoms with Crippen LogP contribution >= 0.6 is 23.2 Å². The van der Waals surface area contributed by atoms with Gasteiger partial charge in [0.15, 0.2) is 6.10 Å². The number of rotatable bonds is 4. The summed E-state index contributed by atoms with van der Waals surface area (Å²) in [7, 11) is 0. The van der Waals surface area contributed by atoms with Crippen LogP contribution in [0, 0.1) is 0 Å². The third-order valence-electron chi connectivity index (χ3n) is 3.53. The van der Waals surface area contributed by atoms with Crippen LogP contribution in [0.5, 0.6) is 5.75 Å². The molecular weight excluding hydrogens is 345 g/mol. The second-order valence-electron chi connectivity index (χ2n) is 6.68. The predicted molar refractivity (Wildman–Crippen MR) is 100 cm³/mol. The minimum Gasteiger partial charge on any atom is -0.481 e. The maximum absolute atomic E-state index is 12.2. The van der Waals surface area contributed by atoms with E-state index in [0.29, 0.717) is 21.5 Å². The first-order chi connectivity index (χ1) is 11.1. The van der Waals surface area contributed by atoms with Crippen molar-refractivity contribution in [2.75, 3.05) is 5.32 Å². The Kier molecular flexibility index (Phi) is 5.79. The highest BCUT2D eigenvalue weighted by Crippen LogP contribution is 2.25. The van der Waals surface area contributed by atoms with E-state index in [-0.39, 0.29) is 11.3 Å². The number of carbonyl (C=O) groups is 1. The van der Waals surface area contributed by atoms with Crippen molar-refractivity contribution in [2.24, 2.45) is 0 Å². The van der Waals surface area contributed by atoms with Gasteiger partial charge in [0.05, 0.1) is 0 Å². The number of hydrogen-bond acceptors (Lipinski definition) is 2. The van der Waals surface area contributed by atoms with Crippen LogP contribution in [0.4, 0.5) is 5.69 Å². The molecule has 1 atom stereocenters. The van der Waals surface area contributed by atoms with Gasteiger partial charge < -0.3 is 10.1 Å². The molecule has 0 heterocycles. The lowest BCUT2D eigenvalue weighted by atomic mass is 9.87. The summed E-state index contributed by atoms with van der Waals surface area (Å²) in [5.74, 6) is 0.378. The van der Waals surface area contributed by atoms with Crippen LogP contribution in [0.3, 0.4) is 0 Å². The third-order valence-corrected chi connectivity index (χ3v) is 3.97. The van der Waals surface area contributed by atoms with Gasteiger partial charge in [-0.2, -0.15) is 0 Å². The SMILES string of the molecule is CC(Oc1ccc(C(C)(C)C)cc1)C(=O)Nc1cc(Cl)cc(Cl)c1. The van der Waals surface area contributed by atoms with Crippen LogP contribution in [0.2, 0.25) is 10.0 Å². The zero-order valence-electron chi connectivity index (χ0n) is 14.2. The van der Waals surface area contributed by atoms with Crippen molar-refractivity contribution in [3.05, 3.63) is 58.1 Å². The summed E-state index contributed by atoms with van der Waals surface area (Å²) >= 11 is 11.9. The van der Waals surface area contributed by atoms with E-state index in [2.05, 4.69) is 26.1 Å². The number of amides is 1. The summed E-state index contributed by atoms with van der Waals surface area (Å²) in [6, 6.07) is 12.6. The van der Waals surface area contributed by atoms with Crippen molar-refractivity contribution in [3.8, 4) is 5.75 Å². The number of nitrogens with one attached hydrogen (secondary N) is 1. The molecule has 0 aliphatic carbocycles. The topological polar surface area (TPSA) is 38.3 Å². The molecule has 0 aromatic heterocycles. The molecule has 0 aliphatic heterocycles. The highest BCUT2D eigenvalue weighted by molar-refractivity contribution is 6.35. The van der Waals surface area contributed by atoms with Crippen LogP contribution in [0.1, 0.15) is 33.3 Å². The van der Waals surface area contributed by atoms with E-state index in [1.54, 1.807) is 25.1 Å². The minimum atomic E-state index is -0.650. The minimum absolute atomic E-state index is 0.0768. The fraction of sp³-hybridized carbons (Fsp3) is 0.316. The van der Waals surface area contributed by atoms with Gasteiger partial charge in [0.1, 0.15) is 5.75 Å². The zero-order chi connectivity index (χ0) is 17.9. The van der Waals surface area contributed by atoms with E-state index in [1.165, 1.54) is 5.56 Å². The van der Waals surface area contributed by atoms with Crippen LogP contribution in [-0.2, 0) is 10.2 Å². The lowest BCUT2D eigenvalue weighted by molar-refractivity contribution is -0.122. The van der Waals surface area contributed by atoms with Gasteiger partial charge in [-0.3, -0.25) is 4.79 Å². The number of carbonyl (C=O) groups excluding carboxylic acids is 1. The first-order valence-corrected chi connectivity index (χ1v) is 8.45. The van der Waals surface area contributed by atoms with Gasteiger partial charge in [0.25, 0.3) is 5.91 Å². The van der Waals surface area contributed by atoms with Gasteiger partial charge in [-0.1, -0.05) is 56.1 Å². The Labute approximate surface area is 152 Å². The number of ether oxygens (including phenoxy) is 1. The molecule has 0 fully saturated rings. The smallest absolute Gasteiger partial charge is 0.265 e. The summed E-state index contributed by atoms with van der Waals surface area (Å²) in [5, 5.41) is 3.67. The normalized spacial score (nSPS) is 12.6. The molecule has 3 nitrogen and oxygen atoms in total. The monoisotopic (exact) mass is 365 g/mol. The Hall–Kier alpha value is -1.71. The molecule has 0 aliphatic rings. The Morgan fingerprint density at radius 2 is 1.58 bits per heavy atom. The van der Waals surface area contributed by atoms with Gasteiger partial charge in [0.2, 0.25) is 0 Å². The van der Waals surface area contributed by atoms with E-state index in [1.807, 2.05) is 24.3 Å². The van der Waals surface area contributed by atoms with Gasteiger partial charge in [-0.15, -0.1) is 0 Å². The Morgan fingerprint density at radius 3 is 2.08 bits per heavy atom. The van der Waals surface area contributed by atoms with E-state index in [0.717, 1.165) is 0 Å². The summed E-state index contributed by atoms with van der Waals surface area (Å²) < 4.78 is 5.70. The van der Waals surface area contributed by atoms with Crippen molar-refractivity contribution in [1.82, 2.24) is 0 Å². The Balaban J connectivity index is 2.01. The Morgan fingerprint density at radius 1 is 1.04 bits per heavy atom. The van der Waals surface area contributed by atoms with E-state index < -0.39 is 6.10 Å². The second-order valence-corrected chi connectivity index (χ2v) is 7.55. The molecule has 2 rings (SSSR count). The lowest BCUT2D eigenvalue weighted by Crippen LogP contribution is -2.30. The average molecular weight is 366 g/mol. The molecule has 0 radical (unpaired) electrons. The average Bonchev–Trinajstić information content (AvgIpc) is 2.45. The molecule has 1 unspecified atom stereocenters. The van der Waals surface area contributed by atoms with E-state index >= 15 is 0 Å². The number of halogens is 2. The van der Waals surface area contributed by atoms with E-state index in [4.69, 9.17) is 27.9 Å². The maximum Gasteiger partial charge on any atom is 0.265 e. The first-order valence-electron chi connectivity index (χ1n) is 7.69. The molecule has 2 aromatic carbocycles. The molecule has 5 heteroatoms. The van der Waals surface area contributed by atoms with Crippen molar-refractivity contribution in [3.63, 3.8) is 0 Å². The van der Waals surface area contributed by atoms with Crippen molar-refractivity contribution in [2.45, 2.75) is 39.2 Å². The van der Waals surface area contributed by atoms with Gasteiger partial charge in [-0.25, -0.2) is 0 Å². The summed E-state index contributed by atoms with van der Waals surface area (Å²) in [5.41, 5.74) is 1.82. The third kappa shape index (κ3) is 5.15. The van der Waals surface area contributed by atoms with Crippen LogP contribution in [-0.4, -0.2) is 12.0 Å². The first kappa shape index (κ1) is 18.6. The van der Waals surface area contributed by atoms with Crippen molar-refractivity contribution in [1.29, 1.82) is 0 Å². The molecule has 2 aromatic rings. The molecular formula is C19H21Cl2NO2. The van der Waals surface area contributed by atoms with Crippen LogP contribution in [0.25, 0.3) is 0 Å². The number of hydrogen-bond donors (Lipinski definition) is 1. The Bertz CT molecular complexity index is 701. The fourth-order valence-electron chi connectivity index (χ4n) is 2.16. The number of benzene rings is 2. The summed E-state index contributed by atoms with van der Waals surface area (Å²) in [6.45, 7) is 8.14. The molecule has 1 N–H and O–H groups in total.